The summed E-state index contributed by atoms with van der Waals surface area (Å²) in [5.74, 6) is 1.84. The first-order valence-corrected chi connectivity index (χ1v) is 12.0. The Kier molecular flexibility index (Phi) is 3.96. The molecule has 3 fully saturated rings. The molecule has 3 nitrogen and oxygen atoms in total. The summed E-state index contributed by atoms with van der Waals surface area (Å²) in [4.78, 5) is 25.0. The number of halogens is 2. The van der Waals surface area contributed by atoms with Gasteiger partial charge in [0.1, 0.15) is 5.60 Å². The molecule has 0 spiro atoms. The molecule has 0 aliphatic heterocycles. The lowest BCUT2D eigenvalue weighted by atomic mass is 9.47. The Morgan fingerprint density at radius 2 is 1.96 bits per heavy atom. The number of ketones is 2. The second-order valence-corrected chi connectivity index (χ2v) is 11.1. The fourth-order valence-corrected chi connectivity index (χ4v) is 8.58. The number of carbonyl (C=O) groups excluding carboxylic acids is 2. The van der Waals surface area contributed by atoms with Gasteiger partial charge in [0.2, 0.25) is 0 Å². The zero-order valence-electron chi connectivity index (χ0n) is 15.8. The number of hydrogen-bond donors (Lipinski definition) is 1. The van der Waals surface area contributed by atoms with Gasteiger partial charge in [-0.3, -0.25) is 9.59 Å². The minimum absolute atomic E-state index is 0.0187. The monoisotopic (exact) mass is 500 g/mol. The van der Waals surface area contributed by atoms with Crippen LogP contribution in [0.15, 0.2) is 22.8 Å². The predicted molar refractivity (Wildman–Crippen MR) is 113 cm³/mol. The van der Waals surface area contributed by atoms with Gasteiger partial charge in [0, 0.05) is 21.8 Å². The molecule has 1 N–H and O–H groups in total. The molecule has 5 rings (SSSR count). The zero-order chi connectivity index (χ0) is 19.4. The van der Waals surface area contributed by atoms with Crippen LogP contribution in [0.1, 0.15) is 46.0 Å². The minimum atomic E-state index is -1.20. The maximum Gasteiger partial charge on any atom is 0.174 e. The van der Waals surface area contributed by atoms with Crippen LogP contribution >= 0.6 is 34.2 Å². The summed E-state index contributed by atoms with van der Waals surface area (Å²) >= 11 is 8.83. The molecule has 0 aromatic rings. The van der Waals surface area contributed by atoms with E-state index in [9.17, 15) is 14.7 Å². The molecule has 0 unspecified atom stereocenters. The van der Waals surface area contributed by atoms with Gasteiger partial charge >= 0.3 is 0 Å². The predicted octanol–water partition coefficient (Wildman–Crippen LogP) is 4.45. The first-order valence-electron chi connectivity index (χ1n) is 10.1. The van der Waals surface area contributed by atoms with Crippen molar-refractivity contribution in [3.8, 4) is 0 Å². The SMILES string of the molecule is C[C@@]12C(=CC(=O)[C@@H]3C[C@@H]31)C(Cl)=C[C@@H]1[C@@H]2CC[C@@]2(C)[C@H]1CC[C@]2(O)C(=O)CI. The quantitative estimate of drug-likeness (QED) is 0.450. The van der Waals surface area contributed by atoms with Gasteiger partial charge in [-0.15, -0.1) is 0 Å². The first-order chi connectivity index (χ1) is 12.7. The van der Waals surface area contributed by atoms with Crippen molar-refractivity contribution in [1.82, 2.24) is 0 Å². The van der Waals surface area contributed by atoms with Gasteiger partial charge in [0.25, 0.3) is 0 Å². The normalized spacial score (nSPS) is 52.8. The molecule has 0 aromatic heterocycles. The van der Waals surface area contributed by atoms with Crippen LogP contribution in [0.4, 0.5) is 0 Å². The summed E-state index contributed by atoms with van der Waals surface area (Å²) in [7, 11) is 0. The van der Waals surface area contributed by atoms with Crippen LogP contribution in [0, 0.1) is 40.4 Å². The van der Waals surface area contributed by atoms with Gasteiger partial charge in [-0.1, -0.05) is 54.1 Å². The van der Waals surface area contributed by atoms with E-state index in [-0.39, 0.29) is 40.2 Å². The number of aliphatic hydroxyl groups is 1. The van der Waals surface area contributed by atoms with E-state index >= 15 is 0 Å². The van der Waals surface area contributed by atoms with Crippen LogP contribution in [0.25, 0.3) is 0 Å². The van der Waals surface area contributed by atoms with E-state index in [1.807, 2.05) is 6.08 Å². The highest BCUT2D eigenvalue weighted by atomic mass is 127. The minimum Gasteiger partial charge on any atom is -0.381 e. The van der Waals surface area contributed by atoms with Gasteiger partial charge in [-0.05, 0) is 67.4 Å². The molecule has 5 aliphatic rings. The Morgan fingerprint density at radius 1 is 1.26 bits per heavy atom. The number of allylic oxidation sites excluding steroid dienone is 4. The smallest absolute Gasteiger partial charge is 0.174 e. The van der Waals surface area contributed by atoms with E-state index < -0.39 is 5.60 Å². The van der Waals surface area contributed by atoms with Crippen LogP contribution in [0.3, 0.4) is 0 Å². The van der Waals surface area contributed by atoms with Gasteiger partial charge in [-0.2, -0.15) is 0 Å². The van der Waals surface area contributed by atoms with Crippen molar-refractivity contribution in [2.45, 2.75) is 51.6 Å². The van der Waals surface area contributed by atoms with Crippen molar-refractivity contribution in [3.63, 3.8) is 0 Å². The summed E-state index contributed by atoms with van der Waals surface area (Å²) < 4.78 is 0.359. The highest BCUT2D eigenvalue weighted by molar-refractivity contribution is 14.1. The van der Waals surface area contributed by atoms with Crippen LogP contribution < -0.4 is 0 Å². The summed E-state index contributed by atoms with van der Waals surface area (Å²) in [6.07, 6.45) is 8.27. The molecule has 0 saturated heterocycles. The first kappa shape index (κ1) is 18.8. The molecule has 5 heteroatoms. The third kappa shape index (κ3) is 2.13. The number of carbonyl (C=O) groups is 2. The molecular formula is C22H26ClIO3. The average Bonchev–Trinajstić information content (AvgIpc) is 3.40. The highest BCUT2D eigenvalue weighted by Gasteiger charge is 2.69. The Hall–Kier alpha value is -0.200. The highest BCUT2D eigenvalue weighted by Crippen LogP contribution is 2.72. The lowest BCUT2D eigenvalue weighted by molar-refractivity contribution is -0.156. The average molecular weight is 501 g/mol. The molecule has 0 bridgehead atoms. The van der Waals surface area contributed by atoms with Gasteiger partial charge in [0.15, 0.2) is 11.6 Å². The number of Topliss-reactive ketones (excluding diaryl/α,β-unsaturated/α-hetero) is 1. The molecule has 146 valence electrons. The number of alkyl halides is 1. The van der Waals surface area contributed by atoms with Gasteiger partial charge in [-0.25, -0.2) is 0 Å². The van der Waals surface area contributed by atoms with Crippen molar-refractivity contribution < 1.29 is 14.7 Å². The second kappa shape index (κ2) is 5.69. The lowest BCUT2D eigenvalue weighted by Crippen LogP contribution is -2.57. The summed E-state index contributed by atoms with van der Waals surface area (Å²) in [6.45, 7) is 4.45. The van der Waals surface area contributed by atoms with Crippen LogP contribution in [-0.2, 0) is 9.59 Å². The van der Waals surface area contributed by atoms with E-state index in [0.717, 1.165) is 36.3 Å². The maximum atomic E-state index is 12.7. The third-order valence-electron chi connectivity index (χ3n) is 9.23. The molecular weight excluding hydrogens is 475 g/mol. The molecule has 0 heterocycles. The molecule has 3 saturated carbocycles. The van der Waals surface area contributed by atoms with Crippen molar-refractivity contribution in [2.24, 2.45) is 40.4 Å². The van der Waals surface area contributed by atoms with Crippen LogP contribution in [-0.4, -0.2) is 26.7 Å². The van der Waals surface area contributed by atoms with E-state index in [1.165, 1.54) is 0 Å². The Bertz CT molecular complexity index is 818. The molecule has 27 heavy (non-hydrogen) atoms. The molecule has 0 aromatic carbocycles. The Balaban J connectivity index is 1.59. The molecule has 0 amide bonds. The fraction of sp³-hybridized carbons (Fsp3) is 0.727. The van der Waals surface area contributed by atoms with E-state index in [2.05, 4.69) is 42.5 Å². The third-order valence-corrected chi connectivity index (χ3v) is 10.2. The number of hydrogen-bond acceptors (Lipinski definition) is 3. The van der Waals surface area contributed by atoms with E-state index in [0.29, 0.717) is 22.7 Å². The number of rotatable bonds is 2. The van der Waals surface area contributed by atoms with Crippen molar-refractivity contribution in [1.29, 1.82) is 0 Å². The zero-order valence-corrected chi connectivity index (χ0v) is 18.7. The largest absolute Gasteiger partial charge is 0.381 e. The van der Waals surface area contributed by atoms with Crippen LogP contribution in [0.5, 0.6) is 0 Å². The van der Waals surface area contributed by atoms with Crippen molar-refractivity contribution >= 4 is 45.8 Å². The fourth-order valence-electron chi connectivity index (χ4n) is 7.55. The summed E-state index contributed by atoms with van der Waals surface area (Å²) in [6, 6.07) is 0. The standard InChI is InChI=1S/C22H26ClIO3/c1-20-5-3-14-11(13(20)4-6-22(20,27)19(26)10-24)8-17(23)16-9-18(25)12-7-15(12)21(14,16)2/h8-9,11-15,27H,3-7,10H2,1-2H3/t11-,12+,13-,14-,15-,20-,21-,22-/m0/s1. The Morgan fingerprint density at radius 3 is 2.67 bits per heavy atom. The van der Waals surface area contributed by atoms with E-state index in [4.69, 9.17) is 11.6 Å². The number of fused-ring (bicyclic) bond motifs is 7. The van der Waals surface area contributed by atoms with Crippen molar-refractivity contribution in [2.75, 3.05) is 4.43 Å². The summed E-state index contributed by atoms with van der Waals surface area (Å²) in [5, 5.41) is 12.1. The van der Waals surface area contributed by atoms with Gasteiger partial charge < -0.3 is 5.11 Å². The molecule has 5 aliphatic carbocycles. The summed E-state index contributed by atoms with van der Waals surface area (Å²) in [5.41, 5.74) is -0.569. The van der Waals surface area contributed by atoms with Crippen LogP contribution in [0.2, 0.25) is 0 Å². The molecule has 8 atom stereocenters. The molecule has 0 radical (unpaired) electrons. The van der Waals surface area contributed by atoms with E-state index in [1.54, 1.807) is 0 Å². The topological polar surface area (TPSA) is 54.4 Å². The lowest BCUT2D eigenvalue weighted by Gasteiger charge is -2.57. The van der Waals surface area contributed by atoms with Gasteiger partial charge in [0.05, 0.1) is 4.43 Å². The maximum absolute atomic E-state index is 12.7. The second-order valence-electron chi connectivity index (χ2n) is 9.91. The Labute approximate surface area is 179 Å². The van der Waals surface area contributed by atoms with Crippen molar-refractivity contribution in [3.05, 3.63) is 22.8 Å².